The summed E-state index contributed by atoms with van der Waals surface area (Å²) in [4.78, 5) is 26.2. The molecule has 6 nitrogen and oxygen atoms in total. The predicted octanol–water partition coefficient (Wildman–Crippen LogP) is 2.64. The van der Waals surface area contributed by atoms with Gasteiger partial charge in [0, 0.05) is 18.6 Å². The standard InChI is InChI=1S/C21H24FN3O3/c1-11-17-14(12-2-3-12)8-15(20(27)28)19(26)25(17)10-16(22)18(11)24-7-4-13(9-24)21(23)5-6-21/h8,10,12-13H,2-7,9,23H2,1H3,(H,27,28). The molecular weight excluding hydrogens is 361 g/mol. The number of aryl methyl sites for hydroxylation is 1. The molecule has 2 saturated carbocycles. The molecule has 0 amide bonds. The quantitative estimate of drug-likeness (QED) is 0.845. The summed E-state index contributed by atoms with van der Waals surface area (Å²) in [5.74, 6) is -1.17. The van der Waals surface area contributed by atoms with Gasteiger partial charge in [-0.1, -0.05) is 0 Å². The topological polar surface area (TPSA) is 88.0 Å². The molecule has 0 radical (unpaired) electrons. The van der Waals surface area contributed by atoms with Crippen molar-refractivity contribution >= 4 is 17.2 Å². The highest BCUT2D eigenvalue weighted by Gasteiger charge is 2.48. The smallest absolute Gasteiger partial charge is 0.341 e. The molecule has 2 aromatic heterocycles. The number of nitrogens with zero attached hydrogens (tertiary/aromatic N) is 2. The number of aromatic carboxylic acids is 1. The molecule has 148 valence electrons. The van der Waals surface area contributed by atoms with E-state index in [4.69, 9.17) is 5.73 Å². The molecule has 7 heteroatoms. The average molecular weight is 385 g/mol. The van der Waals surface area contributed by atoms with Crippen molar-refractivity contribution in [3.05, 3.63) is 45.1 Å². The zero-order chi connectivity index (χ0) is 19.8. The highest BCUT2D eigenvalue weighted by atomic mass is 19.1. The highest BCUT2D eigenvalue weighted by molar-refractivity contribution is 5.89. The van der Waals surface area contributed by atoms with E-state index in [9.17, 15) is 14.7 Å². The molecule has 0 spiro atoms. The Morgan fingerprint density at radius 2 is 2.04 bits per heavy atom. The van der Waals surface area contributed by atoms with Gasteiger partial charge in [-0.3, -0.25) is 9.20 Å². The summed E-state index contributed by atoms with van der Waals surface area (Å²) in [6.07, 6.45) is 6.09. The maximum Gasteiger partial charge on any atom is 0.341 e. The van der Waals surface area contributed by atoms with Gasteiger partial charge in [-0.25, -0.2) is 9.18 Å². The van der Waals surface area contributed by atoms with Crippen LogP contribution in [0.2, 0.25) is 0 Å². The van der Waals surface area contributed by atoms with E-state index >= 15 is 4.39 Å². The third-order valence-corrected chi connectivity index (χ3v) is 6.83. The highest BCUT2D eigenvalue weighted by Crippen LogP contribution is 2.46. The third kappa shape index (κ3) is 2.56. The largest absolute Gasteiger partial charge is 0.477 e. The maximum atomic E-state index is 15.2. The van der Waals surface area contributed by atoms with Crippen LogP contribution in [-0.4, -0.2) is 34.1 Å². The zero-order valence-electron chi connectivity index (χ0n) is 15.9. The number of anilines is 1. The van der Waals surface area contributed by atoms with Gasteiger partial charge in [0.05, 0.1) is 17.4 Å². The van der Waals surface area contributed by atoms with Crippen LogP contribution >= 0.6 is 0 Å². The molecule has 3 N–H and O–H groups in total. The van der Waals surface area contributed by atoms with Gasteiger partial charge in [-0.15, -0.1) is 0 Å². The van der Waals surface area contributed by atoms with Crippen molar-refractivity contribution < 1.29 is 14.3 Å². The summed E-state index contributed by atoms with van der Waals surface area (Å²) in [5, 5.41) is 9.40. The van der Waals surface area contributed by atoms with Gasteiger partial charge < -0.3 is 15.7 Å². The number of carboxylic acid groups (broad SMARTS) is 1. The minimum Gasteiger partial charge on any atom is -0.477 e. The van der Waals surface area contributed by atoms with Gasteiger partial charge in [0.25, 0.3) is 5.56 Å². The second-order valence-corrected chi connectivity index (χ2v) is 8.73. The fourth-order valence-corrected chi connectivity index (χ4v) is 4.87. The summed E-state index contributed by atoms with van der Waals surface area (Å²) in [5.41, 5.74) is 8.02. The lowest BCUT2D eigenvalue weighted by Gasteiger charge is -2.25. The number of carboxylic acids is 1. The normalized spacial score (nSPS) is 23.4. The lowest BCUT2D eigenvalue weighted by atomic mass is 9.97. The molecule has 1 unspecified atom stereocenters. The van der Waals surface area contributed by atoms with Crippen LogP contribution in [0.25, 0.3) is 5.52 Å². The Bertz CT molecular complexity index is 1070. The fraction of sp³-hybridized carbons (Fsp3) is 0.524. The minimum absolute atomic E-state index is 0.0948. The van der Waals surface area contributed by atoms with Crippen LogP contribution in [0, 0.1) is 18.7 Å². The van der Waals surface area contributed by atoms with Crippen molar-refractivity contribution in [2.75, 3.05) is 18.0 Å². The number of hydrogen-bond donors (Lipinski definition) is 2. The van der Waals surface area contributed by atoms with Crippen LogP contribution in [0.15, 0.2) is 17.1 Å². The van der Waals surface area contributed by atoms with Gasteiger partial charge in [-0.05, 0) is 68.1 Å². The summed E-state index contributed by atoms with van der Waals surface area (Å²) >= 11 is 0. The second-order valence-electron chi connectivity index (χ2n) is 8.73. The van der Waals surface area contributed by atoms with E-state index in [0.29, 0.717) is 22.7 Å². The lowest BCUT2D eigenvalue weighted by molar-refractivity contribution is 0.0694. The first-order valence-electron chi connectivity index (χ1n) is 9.95. The van der Waals surface area contributed by atoms with Crippen LogP contribution in [0.1, 0.15) is 59.5 Å². The summed E-state index contributed by atoms with van der Waals surface area (Å²) in [6.45, 7) is 3.30. The van der Waals surface area contributed by atoms with Crippen LogP contribution in [-0.2, 0) is 0 Å². The predicted molar refractivity (Wildman–Crippen MR) is 104 cm³/mol. The summed E-state index contributed by atoms with van der Waals surface area (Å²) < 4.78 is 16.4. The Hall–Kier alpha value is -2.41. The van der Waals surface area contributed by atoms with Crippen LogP contribution < -0.4 is 16.2 Å². The lowest BCUT2D eigenvalue weighted by Crippen LogP contribution is -2.35. The van der Waals surface area contributed by atoms with Crippen molar-refractivity contribution in [3.8, 4) is 0 Å². The van der Waals surface area contributed by atoms with E-state index in [1.807, 2.05) is 6.92 Å². The Balaban J connectivity index is 1.68. The molecule has 1 aliphatic heterocycles. The van der Waals surface area contributed by atoms with Crippen LogP contribution in [0.4, 0.5) is 10.1 Å². The number of aromatic nitrogens is 1. The molecule has 28 heavy (non-hydrogen) atoms. The molecule has 0 aromatic carbocycles. The van der Waals surface area contributed by atoms with Gasteiger partial charge in [0.1, 0.15) is 5.56 Å². The minimum atomic E-state index is -1.27. The van der Waals surface area contributed by atoms with Crippen molar-refractivity contribution in [2.24, 2.45) is 11.7 Å². The van der Waals surface area contributed by atoms with E-state index in [1.54, 1.807) is 0 Å². The van der Waals surface area contributed by atoms with Gasteiger partial charge in [0.15, 0.2) is 5.82 Å². The molecule has 0 bridgehead atoms. The number of pyridine rings is 2. The summed E-state index contributed by atoms with van der Waals surface area (Å²) in [6, 6.07) is 1.50. The number of carbonyl (C=O) groups is 1. The van der Waals surface area contributed by atoms with E-state index in [0.717, 1.165) is 50.8 Å². The zero-order valence-corrected chi connectivity index (χ0v) is 15.9. The van der Waals surface area contributed by atoms with E-state index < -0.39 is 17.3 Å². The van der Waals surface area contributed by atoms with Gasteiger partial charge >= 0.3 is 5.97 Å². The number of halogens is 1. The molecule has 1 saturated heterocycles. The van der Waals surface area contributed by atoms with Crippen molar-refractivity contribution in [1.29, 1.82) is 0 Å². The average Bonchev–Trinajstić information content (AvgIpc) is 3.56. The number of fused-ring (bicyclic) bond motifs is 1. The van der Waals surface area contributed by atoms with Crippen LogP contribution in [0.5, 0.6) is 0 Å². The molecule has 5 rings (SSSR count). The fourth-order valence-electron chi connectivity index (χ4n) is 4.87. The first-order chi connectivity index (χ1) is 13.3. The van der Waals surface area contributed by atoms with Crippen LogP contribution in [0.3, 0.4) is 0 Å². The van der Waals surface area contributed by atoms with Gasteiger partial charge in [-0.2, -0.15) is 0 Å². The molecule has 3 heterocycles. The van der Waals surface area contributed by atoms with Gasteiger partial charge in [0.2, 0.25) is 0 Å². The monoisotopic (exact) mass is 385 g/mol. The SMILES string of the molecule is Cc1c(N2CCC(C3(N)CC3)C2)c(F)cn2c(=O)c(C(=O)O)cc(C3CC3)c12. The Labute approximate surface area is 161 Å². The van der Waals surface area contributed by atoms with E-state index in [-0.39, 0.29) is 17.0 Å². The van der Waals surface area contributed by atoms with Crippen molar-refractivity contribution in [1.82, 2.24) is 4.40 Å². The first kappa shape index (κ1) is 17.7. The molecule has 2 aromatic rings. The molecule has 3 aliphatic rings. The number of nitrogens with two attached hydrogens (primary N) is 1. The van der Waals surface area contributed by atoms with E-state index in [1.165, 1.54) is 16.7 Å². The van der Waals surface area contributed by atoms with Crippen molar-refractivity contribution in [2.45, 2.75) is 50.5 Å². The Morgan fingerprint density at radius 1 is 1.32 bits per heavy atom. The van der Waals surface area contributed by atoms with Crippen molar-refractivity contribution in [3.63, 3.8) is 0 Å². The van der Waals surface area contributed by atoms with E-state index in [2.05, 4.69) is 4.90 Å². The number of rotatable bonds is 4. The molecule has 1 atom stereocenters. The first-order valence-corrected chi connectivity index (χ1v) is 9.95. The Morgan fingerprint density at radius 3 is 2.64 bits per heavy atom. The second kappa shape index (κ2) is 5.80. The number of hydrogen-bond acceptors (Lipinski definition) is 4. The molecule has 3 fully saturated rings. The molecule has 2 aliphatic carbocycles. The Kier molecular flexibility index (Phi) is 3.66. The summed E-state index contributed by atoms with van der Waals surface area (Å²) in [7, 11) is 0. The maximum absolute atomic E-state index is 15.2. The third-order valence-electron chi connectivity index (χ3n) is 6.83. The molecular formula is C21H24FN3O3.